The van der Waals surface area contributed by atoms with Gasteiger partial charge in [0.15, 0.2) is 11.6 Å². The maximum Gasteiger partial charge on any atom is 0.282 e. The Bertz CT molecular complexity index is 1430. The summed E-state index contributed by atoms with van der Waals surface area (Å²) in [5, 5.41) is 0.364. The van der Waals surface area contributed by atoms with Gasteiger partial charge in [0.2, 0.25) is 5.91 Å². The van der Waals surface area contributed by atoms with Gasteiger partial charge in [0.05, 0.1) is 40.3 Å². The molecule has 2 aliphatic rings. The number of nitrogens with zero attached hydrogens (tertiary/aromatic N) is 4. The third-order valence-corrected chi connectivity index (χ3v) is 7.13. The first-order valence-electron chi connectivity index (χ1n) is 11.0. The van der Waals surface area contributed by atoms with Crippen LogP contribution in [0.3, 0.4) is 0 Å². The monoisotopic (exact) mass is 517 g/mol. The number of amides is 1. The van der Waals surface area contributed by atoms with Crippen molar-refractivity contribution in [2.75, 3.05) is 36.9 Å². The first kappa shape index (κ1) is 23.4. The summed E-state index contributed by atoms with van der Waals surface area (Å²) in [6.45, 7) is 7.26. The topological polar surface area (TPSA) is 93.7 Å². The van der Waals surface area contributed by atoms with Crippen LogP contribution in [0, 0.1) is 12.7 Å². The third-order valence-electron chi connectivity index (χ3n) is 6.54. The van der Waals surface area contributed by atoms with E-state index in [-0.39, 0.29) is 38.9 Å². The Labute approximate surface area is 210 Å². The fourth-order valence-corrected chi connectivity index (χ4v) is 5.32. The molecule has 1 unspecified atom stereocenters. The number of nitrogens with two attached hydrogens (primary N) is 1. The number of anilines is 2. The summed E-state index contributed by atoms with van der Waals surface area (Å²) in [5.74, 6) is -0.413. The number of carbonyl (C=O) groups is 1. The van der Waals surface area contributed by atoms with E-state index in [1.165, 1.54) is 18.3 Å². The second-order valence-electron chi connectivity index (χ2n) is 8.55. The molecule has 35 heavy (non-hydrogen) atoms. The van der Waals surface area contributed by atoms with E-state index in [2.05, 4.69) is 16.5 Å². The number of fused-ring (bicyclic) bond motifs is 5. The van der Waals surface area contributed by atoms with Gasteiger partial charge in [-0.2, -0.15) is 0 Å². The predicted octanol–water partition coefficient (Wildman–Crippen LogP) is 3.71. The van der Waals surface area contributed by atoms with Crippen molar-refractivity contribution in [3.05, 3.63) is 62.9 Å². The molecule has 0 saturated carbocycles. The zero-order valence-corrected chi connectivity index (χ0v) is 20.4. The van der Waals surface area contributed by atoms with E-state index in [0.717, 1.165) is 10.3 Å². The Kier molecular flexibility index (Phi) is 5.85. The van der Waals surface area contributed by atoms with Gasteiger partial charge in [0, 0.05) is 37.1 Å². The summed E-state index contributed by atoms with van der Waals surface area (Å²) >= 11 is 12.1. The molecule has 1 atom stereocenters. The highest BCUT2D eigenvalue weighted by Crippen LogP contribution is 2.40. The van der Waals surface area contributed by atoms with E-state index in [1.54, 1.807) is 17.9 Å². The van der Waals surface area contributed by atoms with Crippen molar-refractivity contribution in [2.24, 2.45) is 0 Å². The zero-order valence-electron chi connectivity index (χ0n) is 18.9. The molecule has 1 amide bonds. The fourth-order valence-electron chi connectivity index (χ4n) is 4.87. The van der Waals surface area contributed by atoms with Crippen molar-refractivity contribution >= 4 is 51.4 Å². The highest BCUT2D eigenvalue weighted by Gasteiger charge is 2.34. The van der Waals surface area contributed by atoms with Crippen LogP contribution < -0.4 is 20.9 Å². The number of halogens is 3. The van der Waals surface area contributed by atoms with Crippen LogP contribution in [0.15, 0.2) is 35.8 Å². The Balaban J connectivity index is 1.71. The average molecular weight is 518 g/mol. The van der Waals surface area contributed by atoms with Crippen LogP contribution in [0.2, 0.25) is 10.0 Å². The van der Waals surface area contributed by atoms with Crippen LogP contribution in [0.4, 0.5) is 15.8 Å². The van der Waals surface area contributed by atoms with E-state index in [9.17, 15) is 9.59 Å². The molecule has 0 spiro atoms. The van der Waals surface area contributed by atoms with Gasteiger partial charge in [-0.1, -0.05) is 29.8 Å². The molecule has 1 saturated heterocycles. The van der Waals surface area contributed by atoms with Crippen LogP contribution in [0.25, 0.3) is 16.6 Å². The molecule has 2 aromatic heterocycles. The van der Waals surface area contributed by atoms with Gasteiger partial charge in [0.1, 0.15) is 11.2 Å². The number of ether oxygens (including phenoxy) is 1. The predicted molar refractivity (Wildman–Crippen MR) is 134 cm³/mol. The lowest BCUT2D eigenvalue weighted by molar-refractivity contribution is -0.126. The number of benzene rings is 1. The number of aromatic nitrogens is 2. The molecular weight excluding hydrogens is 496 g/mol. The third kappa shape index (κ3) is 3.70. The molecule has 0 bridgehead atoms. The molecule has 3 aromatic rings. The number of nitrogen functional groups attached to an aromatic ring is 1. The second kappa shape index (κ2) is 8.73. The van der Waals surface area contributed by atoms with Gasteiger partial charge in [-0.3, -0.25) is 14.2 Å². The summed E-state index contributed by atoms with van der Waals surface area (Å²) in [5.41, 5.74) is 6.45. The summed E-state index contributed by atoms with van der Waals surface area (Å²) in [4.78, 5) is 34.1. The van der Waals surface area contributed by atoms with Crippen LogP contribution >= 0.6 is 23.2 Å². The molecule has 11 heteroatoms. The van der Waals surface area contributed by atoms with Crippen molar-refractivity contribution in [2.45, 2.75) is 19.4 Å². The van der Waals surface area contributed by atoms with Gasteiger partial charge in [0.25, 0.3) is 5.56 Å². The van der Waals surface area contributed by atoms with Crippen molar-refractivity contribution in [1.82, 2.24) is 14.5 Å². The molecule has 5 rings (SSSR count). The molecular formula is C24H22Cl2FN5O3. The molecule has 2 N–H and O–H groups in total. The maximum atomic E-state index is 15.0. The summed E-state index contributed by atoms with van der Waals surface area (Å²) < 4.78 is 22.2. The normalized spacial score (nSPS) is 17.4. The number of carbonyl (C=O) groups excluding carboxylic acids is 1. The van der Waals surface area contributed by atoms with E-state index < -0.39 is 11.4 Å². The molecule has 182 valence electrons. The zero-order chi connectivity index (χ0) is 25.0. The van der Waals surface area contributed by atoms with Crippen LogP contribution in [-0.2, 0) is 4.79 Å². The number of hydrogen-bond donors (Lipinski definition) is 1. The van der Waals surface area contributed by atoms with Gasteiger partial charge < -0.3 is 20.3 Å². The lowest BCUT2D eigenvalue weighted by Crippen LogP contribution is -2.54. The van der Waals surface area contributed by atoms with Gasteiger partial charge in [-0.05, 0) is 25.1 Å². The Morgan fingerprint density at radius 2 is 2.06 bits per heavy atom. The maximum absolute atomic E-state index is 15.0. The van der Waals surface area contributed by atoms with E-state index in [4.69, 9.17) is 33.7 Å². The second-order valence-corrected chi connectivity index (χ2v) is 9.36. The Hall–Kier alpha value is -3.30. The lowest BCUT2D eigenvalue weighted by Gasteiger charge is -2.41. The van der Waals surface area contributed by atoms with Crippen LogP contribution in [0.1, 0.15) is 12.1 Å². The molecule has 0 radical (unpaired) electrons. The minimum absolute atomic E-state index is 0.0120. The summed E-state index contributed by atoms with van der Waals surface area (Å²) in [6.07, 6.45) is 3.51. The first-order chi connectivity index (χ1) is 16.7. The number of pyridine rings is 2. The molecule has 8 nitrogen and oxygen atoms in total. The molecule has 1 fully saturated rings. The van der Waals surface area contributed by atoms with Gasteiger partial charge in [-0.25, -0.2) is 9.37 Å². The minimum atomic E-state index is -0.848. The largest absolute Gasteiger partial charge is 0.490 e. The molecule has 4 heterocycles. The highest BCUT2D eigenvalue weighted by atomic mass is 35.5. The highest BCUT2D eigenvalue weighted by molar-refractivity contribution is 6.37. The smallest absolute Gasteiger partial charge is 0.282 e. The van der Waals surface area contributed by atoms with Gasteiger partial charge >= 0.3 is 0 Å². The van der Waals surface area contributed by atoms with Crippen molar-refractivity contribution < 1.29 is 13.9 Å². The quantitative estimate of drug-likeness (QED) is 0.316. The Morgan fingerprint density at radius 3 is 2.80 bits per heavy atom. The average Bonchev–Trinajstić information content (AvgIpc) is 3.03. The molecule has 1 aromatic carbocycles. The van der Waals surface area contributed by atoms with Gasteiger partial charge in [-0.15, -0.1) is 0 Å². The lowest BCUT2D eigenvalue weighted by atomic mass is 10.1. The van der Waals surface area contributed by atoms with Crippen LogP contribution in [-0.4, -0.2) is 52.6 Å². The van der Waals surface area contributed by atoms with E-state index in [1.807, 2.05) is 0 Å². The fraction of sp³-hybridized carbons (Fsp3) is 0.292. The van der Waals surface area contributed by atoms with Crippen LogP contribution in [0.5, 0.6) is 5.75 Å². The number of aryl methyl sites for hydroxylation is 1. The Morgan fingerprint density at radius 1 is 1.29 bits per heavy atom. The molecule has 0 aliphatic carbocycles. The molecule has 2 aliphatic heterocycles. The van der Waals surface area contributed by atoms with Crippen molar-refractivity contribution in [3.63, 3.8) is 0 Å². The summed E-state index contributed by atoms with van der Waals surface area (Å²) in [6, 6.07) is 2.94. The van der Waals surface area contributed by atoms with Crippen molar-refractivity contribution in [1.29, 1.82) is 0 Å². The SMILES string of the molecule is C=CC(=O)N1CCN2c3c(cnc4c(=O)n(-c5c(N)c(Cl)cc(Cl)c5F)c(C)cc34)OCCC2C1. The standard InChI is InChI=1S/C24H22Cl2FN5O3/c1-3-18(33)30-5-6-31-13(11-30)4-7-35-17-10-29-21-14(22(17)31)8-12(2)32(24(21)34)23-19(27)15(25)9-16(26)20(23)28/h3,8-10,13H,1,4-7,11,28H2,2H3. The number of piperazine rings is 1. The minimum Gasteiger partial charge on any atom is -0.490 e. The van der Waals surface area contributed by atoms with E-state index in [0.29, 0.717) is 49.5 Å². The first-order valence-corrected chi connectivity index (χ1v) is 11.8. The van der Waals surface area contributed by atoms with E-state index >= 15 is 4.39 Å². The number of rotatable bonds is 2. The number of hydrogen-bond acceptors (Lipinski definition) is 6. The van der Waals surface area contributed by atoms with Crippen molar-refractivity contribution in [3.8, 4) is 11.4 Å². The summed E-state index contributed by atoms with van der Waals surface area (Å²) in [7, 11) is 0.